The molecule has 2 aromatic rings. The molecule has 1 aliphatic heterocycles. The van der Waals surface area contributed by atoms with Crippen molar-refractivity contribution in [3.63, 3.8) is 0 Å². The maximum atomic E-state index is 12.3. The summed E-state index contributed by atoms with van der Waals surface area (Å²) in [5, 5.41) is 7.76. The number of aromatic nitrogens is 3. The zero-order valence-corrected chi connectivity index (χ0v) is 13.3. The fourth-order valence-corrected chi connectivity index (χ4v) is 2.91. The number of likely N-dealkylation sites (tertiary alicyclic amines) is 1. The fourth-order valence-electron chi connectivity index (χ4n) is 2.79. The van der Waals surface area contributed by atoms with Crippen molar-refractivity contribution in [1.82, 2.24) is 19.7 Å². The summed E-state index contributed by atoms with van der Waals surface area (Å²) in [6.45, 7) is 5.41. The lowest BCUT2D eigenvalue weighted by Gasteiger charge is -2.18. The van der Waals surface area contributed by atoms with E-state index in [0.717, 1.165) is 24.4 Å². The first-order chi connectivity index (χ1) is 10.5. The van der Waals surface area contributed by atoms with Gasteiger partial charge in [0, 0.05) is 18.8 Å². The van der Waals surface area contributed by atoms with Gasteiger partial charge in [-0.3, -0.25) is 4.68 Å². The van der Waals surface area contributed by atoms with Gasteiger partial charge in [0.15, 0.2) is 0 Å². The van der Waals surface area contributed by atoms with Crippen LogP contribution in [0.4, 0.5) is 10.5 Å². The number of carbonyl (C=O) groups excluding carboxylic acids is 1. The van der Waals surface area contributed by atoms with E-state index in [9.17, 15) is 4.79 Å². The molecule has 1 saturated heterocycles. The highest BCUT2D eigenvalue weighted by atomic mass is 35.5. The maximum absolute atomic E-state index is 12.3. The Hall–Kier alpha value is -2.08. The fraction of sp³-hybridized carbons (Fsp3) is 0.400. The second-order valence-electron chi connectivity index (χ2n) is 5.56. The smallest absolute Gasteiger partial charge is 0.321 e. The van der Waals surface area contributed by atoms with Crippen molar-refractivity contribution in [3.8, 4) is 0 Å². The number of urea groups is 1. The summed E-state index contributed by atoms with van der Waals surface area (Å²) >= 11 is 5.74. The molecule has 1 N–H and O–H groups in total. The number of hydrogen-bond acceptors (Lipinski definition) is 3. The number of halogens is 1. The van der Waals surface area contributed by atoms with Crippen molar-refractivity contribution < 1.29 is 4.79 Å². The van der Waals surface area contributed by atoms with Crippen molar-refractivity contribution in [2.75, 3.05) is 18.4 Å². The van der Waals surface area contributed by atoms with E-state index in [1.54, 1.807) is 23.2 Å². The van der Waals surface area contributed by atoms with Gasteiger partial charge in [-0.25, -0.2) is 9.78 Å². The number of hydrogen-bond donors (Lipinski definition) is 1. The molecular weight excluding hydrogens is 302 g/mol. The quantitative estimate of drug-likeness (QED) is 0.865. The van der Waals surface area contributed by atoms with Crippen LogP contribution >= 0.6 is 11.6 Å². The van der Waals surface area contributed by atoms with E-state index in [1.807, 2.05) is 18.5 Å². The number of rotatable bonds is 2. The van der Waals surface area contributed by atoms with E-state index in [-0.39, 0.29) is 12.1 Å². The molecule has 116 valence electrons. The third kappa shape index (κ3) is 3.06. The first-order valence-corrected chi connectivity index (χ1v) is 7.61. The topological polar surface area (TPSA) is 63.1 Å². The van der Waals surface area contributed by atoms with Crippen molar-refractivity contribution in [3.05, 3.63) is 40.9 Å². The standard InChI is InChI=1S/C15H18ClN5O/c1-10-7-11(2)21(19-10)13-5-6-20(9-13)15(22)18-12-3-4-14(16)17-8-12/h3-4,7-8,13H,5-6,9H2,1-2H3,(H,18,22). The molecule has 2 aromatic heterocycles. The summed E-state index contributed by atoms with van der Waals surface area (Å²) < 4.78 is 2.02. The summed E-state index contributed by atoms with van der Waals surface area (Å²) in [4.78, 5) is 18.0. The minimum absolute atomic E-state index is 0.117. The highest BCUT2D eigenvalue weighted by Gasteiger charge is 2.28. The Kier molecular flexibility index (Phi) is 4.02. The van der Waals surface area contributed by atoms with Gasteiger partial charge in [-0.15, -0.1) is 0 Å². The zero-order chi connectivity index (χ0) is 15.7. The summed E-state index contributed by atoms with van der Waals surface area (Å²) in [5.41, 5.74) is 2.78. The Balaban J connectivity index is 1.63. The molecule has 0 radical (unpaired) electrons. The van der Waals surface area contributed by atoms with Gasteiger partial charge in [-0.1, -0.05) is 11.6 Å². The number of nitrogens with one attached hydrogen (secondary N) is 1. The van der Waals surface area contributed by atoms with Crippen LogP contribution in [0.15, 0.2) is 24.4 Å². The SMILES string of the molecule is Cc1cc(C)n(C2CCN(C(=O)Nc3ccc(Cl)nc3)C2)n1. The molecule has 7 heteroatoms. The van der Waals surface area contributed by atoms with Crippen LogP contribution in [0.5, 0.6) is 0 Å². The Morgan fingerprint density at radius 2 is 2.23 bits per heavy atom. The molecule has 0 bridgehead atoms. The highest BCUT2D eigenvalue weighted by Crippen LogP contribution is 2.23. The Bertz CT molecular complexity index is 682. The van der Waals surface area contributed by atoms with Crippen LogP contribution in [0.1, 0.15) is 23.9 Å². The third-order valence-corrected chi connectivity index (χ3v) is 4.04. The second kappa shape index (κ2) is 5.96. The largest absolute Gasteiger partial charge is 0.322 e. The average molecular weight is 320 g/mol. The van der Waals surface area contributed by atoms with Gasteiger partial charge < -0.3 is 10.2 Å². The van der Waals surface area contributed by atoms with Crippen LogP contribution in [0.25, 0.3) is 0 Å². The molecule has 0 saturated carbocycles. The van der Waals surface area contributed by atoms with Crippen molar-refractivity contribution >= 4 is 23.3 Å². The molecular formula is C15H18ClN5O. The van der Waals surface area contributed by atoms with Crippen LogP contribution < -0.4 is 5.32 Å². The first kappa shape index (κ1) is 14.8. The molecule has 1 unspecified atom stereocenters. The lowest BCUT2D eigenvalue weighted by atomic mass is 10.2. The van der Waals surface area contributed by atoms with E-state index >= 15 is 0 Å². The predicted octanol–water partition coefficient (Wildman–Crippen LogP) is 3.03. The minimum Gasteiger partial charge on any atom is -0.322 e. The molecule has 0 aromatic carbocycles. The molecule has 0 aliphatic carbocycles. The van der Waals surface area contributed by atoms with Crippen molar-refractivity contribution in [1.29, 1.82) is 0 Å². The van der Waals surface area contributed by atoms with Crippen LogP contribution in [0, 0.1) is 13.8 Å². The van der Waals surface area contributed by atoms with Crippen LogP contribution in [0.3, 0.4) is 0 Å². The summed E-state index contributed by atoms with van der Waals surface area (Å²) in [6.07, 6.45) is 2.46. The predicted molar refractivity (Wildman–Crippen MR) is 85.2 cm³/mol. The summed E-state index contributed by atoms with van der Waals surface area (Å²) in [5.74, 6) is 0. The zero-order valence-electron chi connectivity index (χ0n) is 12.6. The molecule has 0 spiro atoms. The number of nitrogens with zero attached hydrogens (tertiary/aromatic N) is 4. The van der Waals surface area contributed by atoms with Gasteiger partial charge in [0.1, 0.15) is 5.15 Å². The van der Waals surface area contributed by atoms with E-state index in [2.05, 4.69) is 21.5 Å². The molecule has 1 aliphatic rings. The number of amides is 2. The van der Waals surface area contributed by atoms with Gasteiger partial charge >= 0.3 is 6.03 Å². The minimum atomic E-state index is -0.117. The Morgan fingerprint density at radius 1 is 1.41 bits per heavy atom. The summed E-state index contributed by atoms with van der Waals surface area (Å²) in [6, 6.07) is 5.57. The van der Waals surface area contributed by atoms with Gasteiger partial charge in [0.2, 0.25) is 0 Å². The second-order valence-corrected chi connectivity index (χ2v) is 5.95. The molecule has 1 fully saturated rings. The van der Waals surface area contributed by atoms with E-state index in [0.29, 0.717) is 17.4 Å². The third-order valence-electron chi connectivity index (χ3n) is 3.82. The number of anilines is 1. The first-order valence-electron chi connectivity index (χ1n) is 7.23. The Labute approximate surface area is 134 Å². The van der Waals surface area contributed by atoms with Crippen LogP contribution in [0.2, 0.25) is 5.15 Å². The molecule has 6 nitrogen and oxygen atoms in total. The normalized spacial score (nSPS) is 17.8. The number of pyridine rings is 1. The van der Waals surface area contributed by atoms with Crippen molar-refractivity contribution in [2.24, 2.45) is 0 Å². The number of aryl methyl sites for hydroxylation is 2. The van der Waals surface area contributed by atoms with E-state index < -0.39 is 0 Å². The highest BCUT2D eigenvalue weighted by molar-refractivity contribution is 6.29. The van der Waals surface area contributed by atoms with E-state index in [4.69, 9.17) is 11.6 Å². The van der Waals surface area contributed by atoms with Crippen LogP contribution in [-0.2, 0) is 0 Å². The molecule has 3 rings (SSSR count). The van der Waals surface area contributed by atoms with E-state index in [1.165, 1.54) is 0 Å². The van der Waals surface area contributed by atoms with Gasteiger partial charge in [0.25, 0.3) is 0 Å². The monoisotopic (exact) mass is 319 g/mol. The lowest BCUT2D eigenvalue weighted by Crippen LogP contribution is -2.33. The summed E-state index contributed by atoms with van der Waals surface area (Å²) in [7, 11) is 0. The average Bonchev–Trinajstić information content (AvgIpc) is 3.08. The molecule has 3 heterocycles. The van der Waals surface area contributed by atoms with Crippen LogP contribution in [-0.4, -0.2) is 38.8 Å². The van der Waals surface area contributed by atoms with Gasteiger partial charge in [-0.05, 0) is 38.5 Å². The maximum Gasteiger partial charge on any atom is 0.321 e. The number of carbonyl (C=O) groups is 1. The lowest BCUT2D eigenvalue weighted by molar-refractivity contribution is 0.220. The van der Waals surface area contributed by atoms with Gasteiger partial charge in [-0.2, -0.15) is 5.10 Å². The molecule has 2 amide bonds. The van der Waals surface area contributed by atoms with Crippen molar-refractivity contribution in [2.45, 2.75) is 26.3 Å². The van der Waals surface area contributed by atoms with Gasteiger partial charge in [0.05, 0.1) is 23.6 Å². The molecule has 1 atom stereocenters. The molecule has 22 heavy (non-hydrogen) atoms. The Morgan fingerprint density at radius 3 is 2.86 bits per heavy atom.